The zero-order chi connectivity index (χ0) is 10.7. The molecule has 0 spiro atoms. The third-order valence-corrected chi connectivity index (χ3v) is 1.64. The summed E-state index contributed by atoms with van der Waals surface area (Å²) in [6, 6.07) is 4.56. The third-order valence-electron chi connectivity index (χ3n) is 1.64. The Morgan fingerprint density at radius 2 is 1.86 bits per heavy atom. The molecule has 0 unspecified atom stereocenters. The molecule has 0 saturated heterocycles. The number of carboxylic acids is 1. The summed E-state index contributed by atoms with van der Waals surface area (Å²) in [6.45, 7) is 0. The first-order valence-electron chi connectivity index (χ1n) is 3.65. The Bertz CT molecular complexity index is 358. The predicted molar refractivity (Wildman–Crippen MR) is 43.1 cm³/mol. The van der Waals surface area contributed by atoms with E-state index in [0.717, 1.165) is 12.1 Å². The Labute approximate surface area is 78.6 Å². The number of hydrogen-bond donors (Lipinski definition) is 1. The van der Waals surface area contributed by atoms with Crippen LogP contribution in [0.4, 0.5) is 5.69 Å². The van der Waals surface area contributed by atoms with Crippen LogP contribution in [-0.2, 0) is 4.79 Å². The number of rotatable bonds is 3. The van der Waals surface area contributed by atoms with Crippen LogP contribution in [0, 0.1) is 10.1 Å². The summed E-state index contributed by atoms with van der Waals surface area (Å²) in [4.78, 5) is 19.8. The molecule has 1 atom stereocenters. The van der Waals surface area contributed by atoms with Crippen molar-refractivity contribution in [3.05, 3.63) is 39.9 Å². The molecule has 0 bridgehead atoms. The van der Waals surface area contributed by atoms with E-state index in [0.29, 0.717) is 0 Å². The lowest BCUT2D eigenvalue weighted by molar-refractivity contribution is -0.384. The average molecular weight is 196 g/mol. The van der Waals surface area contributed by atoms with Gasteiger partial charge in [-0.25, -0.2) is 0 Å². The lowest BCUT2D eigenvalue weighted by Gasteiger charge is -2.10. The zero-order valence-electron chi connectivity index (χ0n) is 6.91. The van der Waals surface area contributed by atoms with Crippen LogP contribution in [-0.4, -0.2) is 16.0 Å². The lowest BCUT2D eigenvalue weighted by Crippen LogP contribution is -2.29. The Kier molecular flexibility index (Phi) is 2.78. The SMILES string of the molecule is O=C([O-])[C@H](O)c1ccc([N+](=O)[O-])cc1. The van der Waals surface area contributed by atoms with Gasteiger partial charge in [0, 0.05) is 12.1 Å². The molecule has 0 amide bonds. The highest BCUT2D eigenvalue weighted by atomic mass is 16.6. The van der Waals surface area contributed by atoms with Crippen molar-refractivity contribution in [1.29, 1.82) is 0 Å². The molecule has 1 aromatic rings. The summed E-state index contributed by atoms with van der Waals surface area (Å²) in [6.07, 6.45) is -1.75. The number of carboxylic acid groups (broad SMARTS) is 1. The van der Waals surface area contributed by atoms with Gasteiger partial charge in [0.1, 0.15) is 6.10 Å². The molecule has 0 radical (unpaired) electrons. The van der Waals surface area contributed by atoms with Crippen LogP contribution in [0.5, 0.6) is 0 Å². The number of hydrogen-bond acceptors (Lipinski definition) is 5. The van der Waals surface area contributed by atoms with Crippen molar-refractivity contribution in [1.82, 2.24) is 0 Å². The number of benzene rings is 1. The highest BCUT2D eigenvalue weighted by Gasteiger charge is 2.10. The fraction of sp³-hybridized carbons (Fsp3) is 0.125. The van der Waals surface area contributed by atoms with Gasteiger partial charge in [0.15, 0.2) is 0 Å². The van der Waals surface area contributed by atoms with Crippen LogP contribution < -0.4 is 5.11 Å². The largest absolute Gasteiger partial charge is 0.547 e. The van der Waals surface area contributed by atoms with Gasteiger partial charge >= 0.3 is 0 Å². The number of aliphatic hydroxyl groups excluding tert-OH is 1. The summed E-state index contributed by atoms with van der Waals surface area (Å²) < 4.78 is 0. The molecule has 1 N–H and O–H groups in total. The van der Waals surface area contributed by atoms with Gasteiger partial charge in [-0.2, -0.15) is 0 Å². The molecule has 74 valence electrons. The molecule has 1 rings (SSSR count). The van der Waals surface area contributed by atoms with Crippen LogP contribution in [0.3, 0.4) is 0 Å². The van der Waals surface area contributed by atoms with Crippen molar-refractivity contribution in [3.63, 3.8) is 0 Å². The molecule has 0 heterocycles. The maximum Gasteiger partial charge on any atom is 0.269 e. The van der Waals surface area contributed by atoms with E-state index in [1.807, 2.05) is 0 Å². The smallest absolute Gasteiger partial charge is 0.269 e. The van der Waals surface area contributed by atoms with Gasteiger partial charge in [0.05, 0.1) is 10.9 Å². The number of nitro groups is 1. The van der Waals surface area contributed by atoms with Crippen LogP contribution in [0.2, 0.25) is 0 Å². The number of carbonyl (C=O) groups is 1. The van der Waals surface area contributed by atoms with Crippen molar-refractivity contribution >= 4 is 11.7 Å². The molecule has 14 heavy (non-hydrogen) atoms. The Morgan fingerprint density at radius 3 is 2.21 bits per heavy atom. The van der Waals surface area contributed by atoms with Gasteiger partial charge in [0.2, 0.25) is 0 Å². The topological polar surface area (TPSA) is 104 Å². The van der Waals surface area contributed by atoms with Crippen LogP contribution in [0.15, 0.2) is 24.3 Å². The first kappa shape index (κ1) is 10.1. The Morgan fingerprint density at radius 1 is 1.36 bits per heavy atom. The first-order valence-corrected chi connectivity index (χ1v) is 3.65. The van der Waals surface area contributed by atoms with Crippen molar-refractivity contribution in [2.75, 3.05) is 0 Å². The molecular formula is C8H6NO5-. The van der Waals surface area contributed by atoms with Gasteiger partial charge in [0.25, 0.3) is 5.69 Å². The summed E-state index contributed by atoms with van der Waals surface area (Å²) >= 11 is 0. The average Bonchev–Trinajstić information content (AvgIpc) is 2.16. The third kappa shape index (κ3) is 2.05. The van der Waals surface area contributed by atoms with Gasteiger partial charge in [-0.1, -0.05) is 0 Å². The van der Waals surface area contributed by atoms with Gasteiger partial charge in [-0.3, -0.25) is 10.1 Å². The number of aliphatic carboxylic acids is 1. The standard InChI is InChI=1S/C8H7NO5/c10-7(8(11)12)5-1-3-6(4-2-5)9(13)14/h1-4,7,10H,(H,11,12)/p-1/t7-/m1/s1. The van der Waals surface area contributed by atoms with E-state index < -0.39 is 17.0 Å². The molecule has 6 heteroatoms. The molecular weight excluding hydrogens is 190 g/mol. The normalized spacial score (nSPS) is 12.1. The predicted octanol–water partition coefficient (Wildman–Crippen LogP) is -0.622. The van der Waals surface area contributed by atoms with E-state index >= 15 is 0 Å². The molecule has 0 aromatic heterocycles. The van der Waals surface area contributed by atoms with E-state index in [9.17, 15) is 20.0 Å². The quantitative estimate of drug-likeness (QED) is 0.512. The van der Waals surface area contributed by atoms with Crippen LogP contribution in [0.1, 0.15) is 11.7 Å². The highest BCUT2D eigenvalue weighted by molar-refractivity contribution is 5.71. The van der Waals surface area contributed by atoms with E-state index in [-0.39, 0.29) is 11.3 Å². The zero-order valence-corrected chi connectivity index (χ0v) is 6.91. The molecule has 1 aromatic carbocycles. The number of aliphatic hydroxyl groups is 1. The maximum absolute atomic E-state index is 10.2. The summed E-state index contributed by atoms with van der Waals surface area (Å²) in [5.41, 5.74) is -0.116. The monoisotopic (exact) mass is 196 g/mol. The second kappa shape index (κ2) is 3.84. The lowest BCUT2D eigenvalue weighted by atomic mass is 10.1. The number of non-ortho nitro benzene ring substituents is 1. The molecule has 0 fully saturated rings. The minimum atomic E-state index is -1.75. The minimum Gasteiger partial charge on any atom is -0.547 e. The van der Waals surface area contributed by atoms with Crippen LogP contribution >= 0.6 is 0 Å². The van der Waals surface area contributed by atoms with E-state index in [4.69, 9.17) is 5.11 Å². The highest BCUT2D eigenvalue weighted by Crippen LogP contribution is 2.16. The summed E-state index contributed by atoms with van der Waals surface area (Å²) in [7, 11) is 0. The fourth-order valence-corrected chi connectivity index (χ4v) is 0.914. The van der Waals surface area contributed by atoms with Gasteiger partial charge in [-0.15, -0.1) is 0 Å². The summed E-state index contributed by atoms with van der Waals surface area (Å²) in [5.74, 6) is -1.64. The van der Waals surface area contributed by atoms with Crippen molar-refractivity contribution in [2.24, 2.45) is 0 Å². The van der Waals surface area contributed by atoms with E-state index in [1.165, 1.54) is 12.1 Å². The summed E-state index contributed by atoms with van der Waals surface area (Å²) in [5, 5.41) is 29.4. The van der Waals surface area contributed by atoms with Crippen molar-refractivity contribution < 1.29 is 19.9 Å². The second-order valence-electron chi connectivity index (χ2n) is 2.57. The molecule has 0 aliphatic rings. The maximum atomic E-state index is 10.2. The minimum absolute atomic E-state index is 0.0515. The number of nitrogens with zero attached hydrogens (tertiary/aromatic N) is 1. The van der Waals surface area contributed by atoms with E-state index in [2.05, 4.69) is 0 Å². The van der Waals surface area contributed by atoms with Crippen molar-refractivity contribution in [3.8, 4) is 0 Å². The first-order chi connectivity index (χ1) is 6.52. The van der Waals surface area contributed by atoms with Crippen molar-refractivity contribution in [2.45, 2.75) is 6.10 Å². The molecule has 6 nitrogen and oxygen atoms in total. The molecule has 0 aliphatic heterocycles. The fourth-order valence-electron chi connectivity index (χ4n) is 0.914. The Balaban J connectivity index is 2.94. The molecule has 0 aliphatic carbocycles. The second-order valence-corrected chi connectivity index (χ2v) is 2.57. The number of nitro benzene ring substituents is 1. The molecule has 0 saturated carbocycles. The van der Waals surface area contributed by atoms with Crippen LogP contribution in [0.25, 0.3) is 0 Å². The van der Waals surface area contributed by atoms with E-state index in [1.54, 1.807) is 0 Å². The Hall–Kier alpha value is -1.95. The van der Waals surface area contributed by atoms with Gasteiger partial charge < -0.3 is 15.0 Å². The van der Waals surface area contributed by atoms with Gasteiger partial charge in [-0.05, 0) is 17.7 Å². The number of carbonyl (C=O) groups excluding carboxylic acids is 1.